The van der Waals surface area contributed by atoms with Crippen LogP contribution in [0.3, 0.4) is 0 Å². The fourth-order valence-corrected chi connectivity index (χ4v) is 1.59. The Morgan fingerprint density at radius 2 is 2.00 bits per heavy atom. The number of hydrogen-bond acceptors (Lipinski definition) is 2. The Morgan fingerprint density at radius 3 is 2.43 bits per heavy atom. The van der Waals surface area contributed by atoms with Gasteiger partial charge in [0.05, 0.1) is 11.4 Å². The van der Waals surface area contributed by atoms with Crippen molar-refractivity contribution < 1.29 is 0 Å². The average molecular weight is 213 g/mol. The molecule has 0 N–H and O–H groups in total. The lowest BCUT2D eigenvalue weighted by Gasteiger charge is -2.11. The van der Waals surface area contributed by atoms with Crippen LogP contribution in [0.1, 0.15) is 57.3 Å². The zero-order valence-corrected chi connectivity index (χ0v) is 9.97. The molecule has 0 aliphatic carbocycles. The van der Waals surface area contributed by atoms with E-state index in [-0.39, 0.29) is 0 Å². The lowest BCUT2D eigenvalue weighted by Crippen LogP contribution is -2.02. The van der Waals surface area contributed by atoms with Gasteiger partial charge in [-0.1, -0.05) is 39.3 Å². The van der Waals surface area contributed by atoms with Crippen molar-refractivity contribution in [3.8, 4) is 0 Å². The maximum atomic E-state index is 6.05. The van der Waals surface area contributed by atoms with E-state index in [1.165, 1.54) is 0 Å². The molecule has 0 saturated heterocycles. The predicted molar refractivity (Wildman–Crippen MR) is 59.8 cm³/mol. The smallest absolute Gasteiger partial charge is 0.151 e. The molecule has 0 fully saturated rings. The van der Waals surface area contributed by atoms with Crippen LogP contribution >= 0.6 is 11.6 Å². The highest BCUT2D eigenvalue weighted by atomic mass is 35.5. The van der Waals surface area contributed by atoms with Crippen molar-refractivity contribution in [2.45, 2.75) is 46.0 Å². The molecule has 2 nitrogen and oxygen atoms in total. The van der Waals surface area contributed by atoms with Gasteiger partial charge in [0.2, 0.25) is 0 Å². The topological polar surface area (TPSA) is 25.8 Å². The maximum Gasteiger partial charge on any atom is 0.151 e. The van der Waals surface area contributed by atoms with Gasteiger partial charge in [-0.25, -0.2) is 4.98 Å². The number of rotatable bonds is 3. The third kappa shape index (κ3) is 2.44. The van der Waals surface area contributed by atoms with Crippen LogP contribution in [0.4, 0.5) is 0 Å². The lowest BCUT2D eigenvalue weighted by atomic mass is 10.1. The summed E-state index contributed by atoms with van der Waals surface area (Å²) in [4.78, 5) is 8.72. The summed E-state index contributed by atoms with van der Waals surface area (Å²) in [5, 5.41) is 0.554. The molecule has 0 aliphatic heterocycles. The second-order valence-electron chi connectivity index (χ2n) is 3.93. The first-order chi connectivity index (χ1) is 6.56. The van der Waals surface area contributed by atoms with Gasteiger partial charge in [-0.2, -0.15) is 0 Å². The standard InChI is InChI=1S/C11H17ClN2/c1-5-8(4)9-6-13-10(7(2)3)11(12)14-9/h6-8H,5H2,1-4H3. The van der Waals surface area contributed by atoms with Gasteiger partial charge in [-0.05, 0) is 18.3 Å². The molecule has 78 valence electrons. The molecule has 1 atom stereocenters. The van der Waals surface area contributed by atoms with Crippen LogP contribution in [0.25, 0.3) is 0 Å². The molecule has 1 aromatic heterocycles. The van der Waals surface area contributed by atoms with Crippen LogP contribution in [0.5, 0.6) is 0 Å². The summed E-state index contributed by atoms with van der Waals surface area (Å²) < 4.78 is 0. The SMILES string of the molecule is CCC(C)c1cnc(C(C)C)c(Cl)n1. The third-order valence-corrected chi connectivity index (χ3v) is 2.72. The van der Waals surface area contributed by atoms with Crippen molar-refractivity contribution in [1.82, 2.24) is 9.97 Å². The average Bonchev–Trinajstić information content (AvgIpc) is 2.15. The molecule has 0 bridgehead atoms. The summed E-state index contributed by atoms with van der Waals surface area (Å²) in [6, 6.07) is 0. The van der Waals surface area contributed by atoms with E-state index in [0.29, 0.717) is 17.0 Å². The van der Waals surface area contributed by atoms with E-state index in [2.05, 4.69) is 37.7 Å². The Bertz CT molecular complexity index is 310. The number of aromatic nitrogens is 2. The minimum absolute atomic E-state index is 0.334. The van der Waals surface area contributed by atoms with Crippen molar-refractivity contribution in [3.05, 3.63) is 22.7 Å². The Labute approximate surface area is 90.7 Å². The molecule has 0 aromatic carbocycles. The van der Waals surface area contributed by atoms with Crippen LogP contribution in [0.15, 0.2) is 6.20 Å². The first-order valence-corrected chi connectivity index (χ1v) is 5.46. The maximum absolute atomic E-state index is 6.05. The van der Waals surface area contributed by atoms with Gasteiger partial charge in [0.25, 0.3) is 0 Å². The van der Waals surface area contributed by atoms with Gasteiger partial charge in [-0.15, -0.1) is 0 Å². The molecule has 3 heteroatoms. The molecule has 1 rings (SSSR count). The summed E-state index contributed by atoms with van der Waals surface area (Å²) in [7, 11) is 0. The van der Waals surface area contributed by atoms with Crippen molar-refractivity contribution >= 4 is 11.6 Å². The van der Waals surface area contributed by atoms with Crippen LogP contribution in [-0.4, -0.2) is 9.97 Å². The minimum atomic E-state index is 0.334. The first-order valence-electron chi connectivity index (χ1n) is 5.08. The molecule has 0 amide bonds. The van der Waals surface area contributed by atoms with Gasteiger partial charge in [-0.3, -0.25) is 4.98 Å². The number of hydrogen-bond donors (Lipinski definition) is 0. The zero-order valence-electron chi connectivity index (χ0n) is 9.21. The summed E-state index contributed by atoms with van der Waals surface area (Å²) in [5.41, 5.74) is 1.88. The quantitative estimate of drug-likeness (QED) is 0.763. The molecular weight excluding hydrogens is 196 g/mol. The zero-order chi connectivity index (χ0) is 10.7. The first kappa shape index (κ1) is 11.4. The Morgan fingerprint density at radius 1 is 1.36 bits per heavy atom. The Hall–Kier alpha value is -0.630. The van der Waals surface area contributed by atoms with Gasteiger partial charge in [0.1, 0.15) is 0 Å². The van der Waals surface area contributed by atoms with Crippen molar-refractivity contribution in [1.29, 1.82) is 0 Å². The van der Waals surface area contributed by atoms with E-state index in [9.17, 15) is 0 Å². The van der Waals surface area contributed by atoms with E-state index in [1.54, 1.807) is 0 Å². The van der Waals surface area contributed by atoms with E-state index < -0.39 is 0 Å². The van der Waals surface area contributed by atoms with Crippen LogP contribution < -0.4 is 0 Å². The third-order valence-electron chi connectivity index (χ3n) is 2.44. The fraction of sp³-hybridized carbons (Fsp3) is 0.636. The van der Waals surface area contributed by atoms with Crippen LogP contribution in [-0.2, 0) is 0 Å². The van der Waals surface area contributed by atoms with Crippen LogP contribution in [0.2, 0.25) is 5.15 Å². The van der Waals surface area contributed by atoms with E-state index in [4.69, 9.17) is 11.6 Å². The van der Waals surface area contributed by atoms with Gasteiger partial charge in [0.15, 0.2) is 5.15 Å². The number of nitrogens with zero attached hydrogens (tertiary/aromatic N) is 2. The highest BCUT2D eigenvalue weighted by Gasteiger charge is 2.11. The highest BCUT2D eigenvalue weighted by Crippen LogP contribution is 2.23. The van der Waals surface area contributed by atoms with Crippen molar-refractivity contribution in [2.75, 3.05) is 0 Å². The Kier molecular flexibility index (Phi) is 3.87. The minimum Gasteiger partial charge on any atom is -0.256 e. The molecule has 0 radical (unpaired) electrons. The molecular formula is C11H17ClN2. The van der Waals surface area contributed by atoms with Crippen molar-refractivity contribution in [3.63, 3.8) is 0 Å². The fourth-order valence-electron chi connectivity index (χ4n) is 1.22. The molecule has 0 spiro atoms. The second kappa shape index (κ2) is 4.74. The summed E-state index contributed by atoms with van der Waals surface area (Å²) >= 11 is 6.05. The predicted octanol–water partition coefficient (Wildman–Crippen LogP) is 3.77. The summed E-state index contributed by atoms with van der Waals surface area (Å²) in [6.45, 7) is 8.41. The molecule has 0 aliphatic rings. The molecule has 1 aromatic rings. The summed E-state index contributed by atoms with van der Waals surface area (Å²) in [6.07, 6.45) is 2.90. The number of halogens is 1. The second-order valence-corrected chi connectivity index (χ2v) is 4.29. The van der Waals surface area contributed by atoms with Gasteiger partial charge >= 0.3 is 0 Å². The van der Waals surface area contributed by atoms with E-state index in [1.807, 2.05) is 6.20 Å². The van der Waals surface area contributed by atoms with Gasteiger partial charge in [0, 0.05) is 6.20 Å². The normalized spacial score (nSPS) is 13.3. The monoisotopic (exact) mass is 212 g/mol. The largest absolute Gasteiger partial charge is 0.256 e. The molecule has 1 unspecified atom stereocenters. The van der Waals surface area contributed by atoms with Crippen LogP contribution in [0, 0.1) is 0 Å². The highest BCUT2D eigenvalue weighted by molar-refractivity contribution is 6.30. The summed E-state index contributed by atoms with van der Waals surface area (Å²) in [5.74, 6) is 0.766. The van der Waals surface area contributed by atoms with E-state index >= 15 is 0 Å². The molecule has 1 heterocycles. The lowest BCUT2D eigenvalue weighted by molar-refractivity contribution is 0.693. The molecule has 0 saturated carbocycles. The van der Waals surface area contributed by atoms with E-state index in [0.717, 1.165) is 17.8 Å². The Balaban J connectivity index is 3.00. The van der Waals surface area contributed by atoms with Crippen molar-refractivity contribution in [2.24, 2.45) is 0 Å². The van der Waals surface area contributed by atoms with Gasteiger partial charge < -0.3 is 0 Å². The molecule has 14 heavy (non-hydrogen) atoms.